The van der Waals surface area contributed by atoms with Crippen LogP contribution in [-0.2, 0) is 13.1 Å². The second-order valence-corrected chi connectivity index (χ2v) is 8.07. The van der Waals surface area contributed by atoms with Gasteiger partial charge < -0.3 is 19.0 Å². The Morgan fingerprint density at radius 1 is 0.794 bits per heavy atom. The molecule has 0 amide bonds. The maximum absolute atomic E-state index is 5.54. The smallest absolute Gasteiger partial charge is 0.228 e. The van der Waals surface area contributed by atoms with Crippen molar-refractivity contribution in [2.45, 2.75) is 13.1 Å². The van der Waals surface area contributed by atoms with Crippen LogP contribution in [0, 0.1) is 0 Å². The van der Waals surface area contributed by atoms with E-state index in [1.54, 1.807) is 13.4 Å². The van der Waals surface area contributed by atoms with Crippen LogP contribution in [0.5, 0.6) is 5.75 Å². The van der Waals surface area contributed by atoms with E-state index >= 15 is 0 Å². The topological polar surface area (TPSA) is 54.6 Å². The molecule has 0 aliphatic heterocycles. The third-order valence-electron chi connectivity index (χ3n) is 5.71. The molecule has 170 valence electrons. The van der Waals surface area contributed by atoms with Crippen LogP contribution < -0.4 is 14.5 Å². The van der Waals surface area contributed by atoms with Gasteiger partial charge in [-0.3, -0.25) is 0 Å². The van der Waals surface area contributed by atoms with E-state index in [9.17, 15) is 0 Å². The predicted octanol–water partition coefficient (Wildman–Crippen LogP) is 6.21. The summed E-state index contributed by atoms with van der Waals surface area (Å²) in [4.78, 5) is 14.1. The van der Waals surface area contributed by atoms with Gasteiger partial charge in [0.25, 0.3) is 0 Å². The molecule has 0 fully saturated rings. The Hall–Kier alpha value is -4.32. The molecule has 5 rings (SSSR count). The van der Waals surface area contributed by atoms with E-state index in [-0.39, 0.29) is 0 Å². The molecule has 34 heavy (non-hydrogen) atoms. The van der Waals surface area contributed by atoms with Crippen molar-refractivity contribution < 1.29 is 9.15 Å². The molecule has 0 atom stereocenters. The Bertz CT molecular complexity index is 1350. The SMILES string of the molecule is COc1ccc(N(Cc2ccccc2)c2nc(N(C)Cc3ccco3)nc3ccccc23)cc1. The van der Waals surface area contributed by atoms with Crippen LogP contribution in [-0.4, -0.2) is 24.1 Å². The van der Waals surface area contributed by atoms with Gasteiger partial charge in [0.1, 0.15) is 17.3 Å². The average Bonchev–Trinajstić information content (AvgIpc) is 3.40. The van der Waals surface area contributed by atoms with E-state index in [1.807, 2.05) is 60.5 Å². The number of furan rings is 1. The van der Waals surface area contributed by atoms with Gasteiger partial charge in [0, 0.05) is 24.7 Å². The summed E-state index contributed by atoms with van der Waals surface area (Å²) < 4.78 is 10.9. The van der Waals surface area contributed by atoms with Crippen molar-refractivity contribution in [2.24, 2.45) is 0 Å². The van der Waals surface area contributed by atoms with Crippen molar-refractivity contribution in [3.05, 3.63) is 109 Å². The molecule has 0 aliphatic rings. The highest BCUT2D eigenvalue weighted by Crippen LogP contribution is 2.34. The lowest BCUT2D eigenvalue weighted by Gasteiger charge is -2.27. The lowest BCUT2D eigenvalue weighted by atomic mass is 10.1. The number of methoxy groups -OCH3 is 1. The Kier molecular flexibility index (Phi) is 6.12. The fraction of sp³-hybridized carbons (Fsp3) is 0.143. The Morgan fingerprint density at radius 3 is 2.29 bits per heavy atom. The monoisotopic (exact) mass is 450 g/mol. The highest BCUT2D eigenvalue weighted by Gasteiger charge is 2.19. The van der Waals surface area contributed by atoms with Gasteiger partial charge in [-0.05, 0) is 54.1 Å². The normalized spacial score (nSPS) is 10.9. The molecule has 0 bridgehead atoms. The van der Waals surface area contributed by atoms with Crippen LogP contribution in [0.2, 0.25) is 0 Å². The molecule has 2 aromatic heterocycles. The molecule has 0 saturated carbocycles. The van der Waals surface area contributed by atoms with Crippen molar-refractivity contribution >= 4 is 28.4 Å². The molecule has 0 radical (unpaired) electrons. The fourth-order valence-electron chi connectivity index (χ4n) is 3.95. The van der Waals surface area contributed by atoms with Crippen LogP contribution in [0.1, 0.15) is 11.3 Å². The summed E-state index contributed by atoms with van der Waals surface area (Å²) in [7, 11) is 3.65. The quantitative estimate of drug-likeness (QED) is 0.280. The standard InChI is InChI=1S/C28H26N4O2/c1-31(20-24-11-8-18-34-24)28-29-26-13-7-6-12-25(26)27(30-28)32(19-21-9-4-3-5-10-21)22-14-16-23(33-2)17-15-22/h3-18H,19-20H2,1-2H3. The van der Waals surface area contributed by atoms with Gasteiger partial charge in [-0.25, -0.2) is 4.98 Å². The van der Waals surface area contributed by atoms with Crippen molar-refractivity contribution in [2.75, 3.05) is 24.0 Å². The van der Waals surface area contributed by atoms with Gasteiger partial charge in [-0.1, -0.05) is 42.5 Å². The number of benzene rings is 3. The molecule has 6 heteroatoms. The summed E-state index contributed by atoms with van der Waals surface area (Å²) in [6.45, 7) is 1.24. The number of anilines is 3. The summed E-state index contributed by atoms with van der Waals surface area (Å²) in [5, 5.41) is 0.990. The third kappa shape index (κ3) is 4.57. The number of hydrogen-bond donors (Lipinski definition) is 0. The van der Waals surface area contributed by atoms with E-state index in [1.165, 1.54) is 5.56 Å². The van der Waals surface area contributed by atoms with Gasteiger partial charge in [-0.2, -0.15) is 4.98 Å². The number of hydrogen-bond acceptors (Lipinski definition) is 6. The van der Waals surface area contributed by atoms with Crippen molar-refractivity contribution in [3.63, 3.8) is 0 Å². The maximum Gasteiger partial charge on any atom is 0.228 e. The zero-order valence-corrected chi connectivity index (χ0v) is 19.3. The second kappa shape index (κ2) is 9.67. The van der Waals surface area contributed by atoms with E-state index in [4.69, 9.17) is 19.1 Å². The molecule has 3 aromatic carbocycles. The van der Waals surface area contributed by atoms with E-state index in [0.717, 1.165) is 33.9 Å². The number of ether oxygens (including phenoxy) is 1. The minimum Gasteiger partial charge on any atom is -0.497 e. The summed E-state index contributed by atoms with van der Waals surface area (Å²) in [6.07, 6.45) is 1.68. The zero-order valence-electron chi connectivity index (χ0n) is 19.3. The fourth-order valence-corrected chi connectivity index (χ4v) is 3.95. The van der Waals surface area contributed by atoms with Crippen LogP contribution in [0.25, 0.3) is 10.9 Å². The van der Waals surface area contributed by atoms with Gasteiger partial charge in [0.05, 0.1) is 25.4 Å². The number of nitrogens with zero attached hydrogens (tertiary/aromatic N) is 4. The molecule has 2 heterocycles. The second-order valence-electron chi connectivity index (χ2n) is 8.07. The molecule has 0 spiro atoms. The molecule has 0 saturated heterocycles. The summed E-state index contributed by atoms with van der Waals surface area (Å²) in [5.74, 6) is 3.16. The number of rotatable bonds is 8. The van der Waals surface area contributed by atoms with E-state index < -0.39 is 0 Å². The largest absolute Gasteiger partial charge is 0.497 e. The van der Waals surface area contributed by atoms with E-state index in [0.29, 0.717) is 19.0 Å². The van der Waals surface area contributed by atoms with Crippen molar-refractivity contribution in [1.29, 1.82) is 0 Å². The maximum atomic E-state index is 5.54. The lowest BCUT2D eigenvalue weighted by molar-refractivity contribution is 0.415. The summed E-state index contributed by atoms with van der Waals surface area (Å²) in [6, 6.07) is 30.4. The van der Waals surface area contributed by atoms with Gasteiger partial charge in [0.15, 0.2) is 0 Å². The van der Waals surface area contributed by atoms with E-state index in [2.05, 4.69) is 47.4 Å². The summed E-state index contributed by atoms with van der Waals surface area (Å²) in [5.41, 5.74) is 3.10. The molecule has 0 N–H and O–H groups in total. The highest BCUT2D eigenvalue weighted by atomic mass is 16.5. The number of para-hydroxylation sites is 1. The zero-order chi connectivity index (χ0) is 23.3. The number of fused-ring (bicyclic) bond motifs is 1. The molecule has 0 aliphatic carbocycles. The first kappa shape index (κ1) is 21.5. The van der Waals surface area contributed by atoms with Crippen LogP contribution >= 0.6 is 0 Å². The predicted molar refractivity (Wildman–Crippen MR) is 136 cm³/mol. The minimum absolute atomic E-state index is 0.575. The van der Waals surface area contributed by atoms with Crippen molar-refractivity contribution in [1.82, 2.24) is 9.97 Å². The third-order valence-corrected chi connectivity index (χ3v) is 5.71. The first-order chi connectivity index (χ1) is 16.7. The molecule has 6 nitrogen and oxygen atoms in total. The Balaban J connectivity index is 1.63. The lowest BCUT2D eigenvalue weighted by Crippen LogP contribution is -2.23. The van der Waals surface area contributed by atoms with Gasteiger partial charge in [-0.15, -0.1) is 0 Å². The highest BCUT2D eigenvalue weighted by molar-refractivity contribution is 5.92. The first-order valence-electron chi connectivity index (χ1n) is 11.2. The van der Waals surface area contributed by atoms with Crippen LogP contribution in [0.15, 0.2) is 102 Å². The molecule has 5 aromatic rings. The summed E-state index contributed by atoms with van der Waals surface area (Å²) >= 11 is 0. The molecular weight excluding hydrogens is 424 g/mol. The van der Waals surface area contributed by atoms with Gasteiger partial charge in [0.2, 0.25) is 5.95 Å². The number of aromatic nitrogens is 2. The Labute approximate surface area is 199 Å². The van der Waals surface area contributed by atoms with Crippen LogP contribution in [0.4, 0.5) is 17.5 Å². The minimum atomic E-state index is 0.575. The van der Waals surface area contributed by atoms with Gasteiger partial charge >= 0.3 is 0 Å². The molecular formula is C28H26N4O2. The Morgan fingerprint density at radius 2 is 1.56 bits per heavy atom. The van der Waals surface area contributed by atoms with Crippen molar-refractivity contribution in [3.8, 4) is 5.75 Å². The van der Waals surface area contributed by atoms with Crippen LogP contribution in [0.3, 0.4) is 0 Å². The molecule has 0 unspecified atom stereocenters. The average molecular weight is 451 g/mol. The first-order valence-corrected chi connectivity index (χ1v) is 11.2.